The van der Waals surface area contributed by atoms with Gasteiger partial charge in [0.2, 0.25) is 5.13 Å². The molecule has 0 unspecified atom stereocenters. The maximum atomic E-state index is 4.48. The Morgan fingerprint density at radius 2 is 2.27 bits per heavy atom. The number of benzene rings is 1. The van der Waals surface area contributed by atoms with E-state index in [4.69, 9.17) is 0 Å². The van der Waals surface area contributed by atoms with E-state index in [1.807, 2.05) is 29.5 Å². The van der Waals surface area contributed by atoms with Crippen LogP contribution in [0.15, 0.2) is 29.3 Å². The van der Waals surface area contributed by atoms with Crippen LogP contribution in [0.2, 0.25) is 0 Å². The van der Waals surface area contributed by atoms with Gasteiger partial charge in [-0.25, -0.2) is 4.98 Å². The van der Waals surface area contributed by atoms with E-state index in [1.54, 1.807) is 11.3 Å². The van der Waals surface area contributed by atoms with Crippen LogP contribution < -0.4 is 5.43 Å². The molecule has 1 aromatic heterocycles. The summed E-state index contributed by atoms with van der Waals surface area (Å²) >= 11 is 1.66. The monoisotopic (exact) mass is 218 g/mol. The fraction of sp³-hybridized carbons (Fsp3) is 0.200. The number of aliphatic imine (C=N–C) groups is 1. The van der Waals surface area contributed by atoms with Crippen molar-refractivity contribution in [3.8, 4) is 0 Å². The molecule has 2 aromatic rings. The number of nitrogens with zero attached hydrogens (tertiary/aromatic N) is 3. The second kappa shape index (κ2) is 3.51. The van der Waals surface area contributed by atoms with Crippen LogP contribution in [0.4, 0.5) is 5.13 Å². The molecule has 0 bridgehead atoms. The number of anilines is 1. The summed E-state index contributed by atoms with van der Waals surface area (Å²) in [7, 11) is 0. The molecule has 0 aliphatic carbocycles. The minimum atomic E-state index is 0.859. The highest BCUT2D eigenvalue weighted by Gasteiger charge is 2.08. The third kappa shape index (κ3) is 1.66. The van der Waals surface area contributed by atoms with Gasteiger partial charge in [0.25, 0.3) is 0 Å². The predicted octanol–water partition coefficient (Wildman–Crippen LogP) is 1.97. The molecule has 0 spiro atoms. The molecule has 3 rings (SSSR count). The summed E-state index contributed by atoms with van der Waals surface area (Å²) in [6, 6.07) is 8.14. The molecule has 0 saturated carbocycles. The number of thiazole rings is 1. The fourth-order valence-corrected chi connectivity index (χ4v) is 2.39. The molecule has 1 aliphatic rings. The van der Waals surface area contributed by atoms with E-state index in [-0.39, 0.29) is 0 Å². The Kier molecular flexibility index (Phi) is 2.03. The molecule has 4 nitrogen and oxygen atoms in total. The number of hydrogen-bond acceptors (Lipinski definition) is 5. The maximum absolute atomic E-state index is 4.48. The number of aromatic nitrogens is 1. The zero-order valence-electron chi connectivity index (χ0n) is 8.05. The Labute approximate surface area is 91.2 Å². The van der Waals surface area contributed by atoms with Crippen LogP contribution in [0.25, 0.3) is 10.2 Å². The van der Waals surface area contributed by atoms with Gasteiger partial charge >= 0.3 is 0 Å². The third-order valence-electron chi connectivity index (χ3n) is 2.22. The molecule has 1 aliphatic heterocycles. The van der Waals surface area contributed by atoms with Crippen LogP contribution in [0, 0.1) is 0 Å². The van der Waals surface area contributed by atoms with Crippen LogP contribution in [0.3, 0.4) is 0 Å². The van der Waals surface area contributed by atoms with Gasteiger partial charge in [-0.05, 0) is 12.1 Å². The van der Waals surface area contributed by atoms with E-state index < -0.39 is 0 Å². The fourth-order valence-electron chi connectivity index (χ4n) is 1.51. The first-order chi connectivity index (χ1) is 7.42. The van der Waals surface area contributed by atoms with E-state index in [0.29, 0.717) is 0 Å². The lowest BCUT2D eigenvalue weighted by molar-refractivity contribution is 0.557. The van der Waals surface area contributed by atoms with Crippen molar-refractivity contribution < 1.29 is 0 Å². The highest BCUT2D eigenvalue weighted by Crippen LogP contribution is 2.25. The van der Waals surface area contributed by atoms with Crippen molar-refractivity contribution in [2.75, 3.05) is 18.5 Å². The summed E-state index contributed by atoms with van der Waals surface area (Å²) in [6.07, 6.45) is 1.81. The number of rotatable bonds is 2. The zero-order valence-corrected chi connectivity index (χ0v) is 8.87. The average Bonchev–Trinajstić information content (AvgIpc) is 2.86. The summed E-state index contributed by atoms with van der Waals surface area (Å²) in [5.74, 6) is 0. The number of hydrazine groups is 1. The molecule has 5 heteroatoms. The van der Waals surface area contributed by atoms with Crippen LogP contribution in [0.5, 0.6) is 0 Å². The number of nitrogens with one attached hydrogen (secondary N) is 1. The quantitative estimate of drug-likeness (QED) is 0.837. The zero-order chi connectivity index (χ0) is 10.1. The minimum absolute atomic E-state index is 0.859. The van der Waals surface area contributed by atoms with Crippen LogP contribution in [-0.4, -0.2) is 29.4 Å². The lowest BCUT2D eigenvalue weighted by Gasteiger charge is -2.13. The lowest BCUT2D eigenvalue weighted by Crippen LogP contribution is -2.26. The van der Waals surface area contributed by atoms with Crippen LogP contribution in [0.1, 0.15) is 0 Å². The van der Waals surface area contributed by atoms with E-state index in [0.717, 1.165) is 23.7 Å². The van der Waals surface area contributed by atoms with E-state index in [9.17, 15) is 0 Å². The van der Waals surface area contributed by atoms with Gasteiger partial charge in [0.15, 0.2) is 0 Å². The standard InChI is InChI=1S/C10H10N4S/c1-2-4-9-8(3-1)12-10(15-9)13-14-6-5-11-7-14/h1-4,7H,5-6H2,(H,12,13). The molecule has 0 radical (unpaired) electrons. The molecular formula is C10H10N4S. The Morgan fingerprint density at radius 1 is 1.33 bits per heavy atom. The van der Waals surface area contributed by atoms with Crippen LogP contribution >= 0.6 is 11.3 Å². The average molecular weight is 218 g/mol. The van der Waals surface area contributed by atoms with Crippen molar-refractivity contribution in [1.82, 2.24) is 9.99 Å². The van der Waals surface area contributed by atoms with Gasteiger partial charge in [0.1, 0.15) is 6.34 Å². The van der Waals surface area contributed by atoms with Gasteiger partial charge < -0.3 is 0 Å². The molecule has 1 N–H and O–H groups in total. The van der Waals surface area contributed by atoms with Gasteiger partial charge in [-0.3, -0.25) is 15.4 Å². The maximum Gasteiger partial charge on any atom is 0.202 e. The molecule has 1 aromatic carbocycles. The molecule has 0 fully saturated rings. The number of para-hydroxylation sites is 1. The van der Waals surface area contributed by atoms with Crippen molar-refractivity contribution in [2.24, 2.45) is 4.99 Å². The molecule has 76 valence electrons. The highest BCUT2D eigenvalue weighted by molar-refractivity contribution is 7.22. The smallest absolute Gasteiger partial charge is 0.202 e. The summed E-state index contributed by atoms with van der Waals surface area (Å²) in [4.78, 5) is 8.61. The van der Waals surface area contributed by atoms with Gasteiger partial charge in [-0.2, -0.15) is 0 Å². The summed E-state index contributed by atoms with van der Waals surface area (Å²) in [5.41, 5.74) is 4.26. The Bertz CT molecular complexity index is 472. The largest absolute Gasteiger partial charge is 0.274 e. The van der Waals surface area contributed by atoms with Crippen molar-refractivity contribution >= 4 is 33.0 Å². The molecule has 0 amide bonds. The number of fused-ring (bicyclic) bond motifs is 1. The van der Waals surface area contributed by atoms with Crippen molar-refractivity contribution in [3.63, 3.8) is 0 Å². The third-order valence-corrected chi connectivity index (χ3v) is 3.17. The molecular weight excluding hydrogens is 208 g/mol. The van der Waals surface area contributed by atoms with Gasteiger partial charge in [0, 0.05) is 0 Å². The summed E-state index contributed by atoms with van der Waals surface area (Å²) in [5, 5.41) is 2.88. The SMILES string of the molecule is C1=NCCN1Nc1nc2ccccc2s1. The first kappa shape index (κ1) is 8.67. The van der Waals surface area contributed by atoms with E-state index in [1.165, 1.54) is 4.70 Å². The van der Waals surface area contributed by atoms with Gasteiger partial charge in [0.05, 0.1) is 23.3 Å². The topological polar surface area (TPSA) is 40.5 Å². The Balaban J connectivity index is 1.88. The Morgan fingerprint density at radius 3 is 3.07 bits per heavy atom. The Hall–Kier alpha value is -1.62. The predicted molar refractivity (Wildman–Crippen MR) is 63.3 cm³/mol. The second-order valence-corrected chi connectivity index (χ2v) is 4.34. The van der Waals surface area contributed by atoms with Crippen molar-refractivity contribution in [1.29, 1.82) is 0 Å². The van der Waals surface area contributed by atoms with E-state index >= 15 is 0 Å². The molecule has 0 saturated heterocycles. The summed E-state index contributed by atoms with van der Waals surface area (Å²) in [6.45, 7) is 1.77. The first-order valence-corrected chi connectivity index (χ1v) is 5.62. The molecule has 15 heavy (non-hydrogen) atoms. The van der Waals surface area contributed by atoms with E-state index in [2.05, 4.69) is 21.5 Å². The second-order valence-electron chi connectivity index (χ2n) is 3.31. The normalized spacial score (nSPS) is 15.1. The lowest BCUT2D eigenvalue weighted by atomic mass is 10.3. The highest BCUT2D eigenvalue weighted by atomic mass is 32.1. The van der Waals surface area contributed by atoms with Crippen LogP contribution in [-0.2, 0) is 0 Å². The number of hydrogen-bond donors (Lipinski definition) is 1. The van der Waals surface area contributed by atoms with Crippen molar-refractivity contribution in [3.05, 3.63) is 24.3 Å². The van der Waals surface area contributed by atoms with Gasteiger partial charge in [-0.15, -0.1) is 0 Å². The van der Waals surface area contributed by atoms with Crippen molar-refractivity contribution in [2.45, 2.75) is 0 Å². The minimum Gasteiger partial charge on any atom is -0.274 e. The summed E-state index contributed by atoms with van der Waals surface area (Å²) < 4.78 is 1.20. The molecule has 2 heterocycles. The molecule has 0 atom stereocenters. The van der Waals surface area contributed by atoms with Gasteiger partial charge in [-0.1, -0.05) is 23.5 Å². The first-order valence-electron chi connectivity index (χ1n) is 4.81.